The molecule has 1 aliphatic carbocycles. The van der Waals surface area contributed by atoms with Gasteiger partial charge in [-0.2, -0.15) is 0 Å². The summed E-state index contributed by atoms with van der Waals surface area (Å²) in [4.78, 5) is 21.5. The molecule has 0 bridgehead atoms. The second-order valence-electron chi connectivity index (χ2n) is 6.00. The quantitative estimate of drug-likeness (QED) is 0.890. The predicted octanol–water partition coefficient (Wildman–Crippen LogP) is 2.13. The number of nitrogens with one attached hydrogen (secondary N) is 1. The molecule has 98 valence electrons. The summed E-state index contributed by atoms with van der Waals surface area (Å²) in [5.74, 6) is 3.71. The Hall–Kier alpha value is -1.32. The third-order valence-corrected chi connectivity index (χ3v) is 4.20. The maximum Gasteiger partial charge on any atom is 0.252 e. The number of aromatic nitrogens is 2. The number of hydrogen-bond donors (Lipinski definition) is 1. The van der Waals surface area contributed by atoms with Crippen molar-refractivity contribution in [2.45, 2.75) is 39.0 Å². The third-order valence-electron chi connectivity index (χ3n) is 4.20. The first-order valence-electron chi connectivity index (χ1n) is 6.99. The number of anilines is 1. The van der Waals surface area contributed by atoms with Crippen molar-refractivity contribution < 1.29 is 0 Å². The van der Waals surface area contributed by atoms with E-state index in [-0.39, 0.29) is 5.56 Å². The monoisotopic (exact) mass is 247 g/mol. The summed E-state index contributed by atoms with van der Waals surface area (Å²) in [7, 11) is 0. The average molecular weight is 247 g/mol. The van der Waals surface area contributed by atoms with Crippen LogP contribution in [0.2, 0.25) is 0 Å². The third kappa shape index (κ3) is 2.28. The van der Waals surface area contributed by atoms with E-state index in [9.17, 15) is 4.79 Å². The van der Waals surface area contributed by atoms with Crippen molar-refractivity contribution in [3.63, 3.8) is 0 Å². The van der Waals surface area contributed by atoms with E-state index in [2.05, 4.69) is 28.7 Å². The lowest BCUT2D eigenvalue weighted by atomic mass is 9.95. The molecule has 18 heavy (non-hydrogen) atoms. The Morgan fingerprint density at radius 1 is 1.39 bits per heavy atom. The van der Waals surface area contributed by atoms with Crippen LogP contribution in [0.5, 0.6) is 0 Å². The van der Waals surface area contributed by atoms with Gasteiger partial charge in [0.25, 0.3) is 5.56 Å². The number of hydrogen-bond acceptors (Lipinski definition) is 3. The van der Waals surface area contributed by atoms with Crippen molar-refractivity contribution in [1.29, 1.82) is 0 Å². The van der Waals surface area contributed by atoms with E-state index < -0.39 is 0 Å². The summed E-state index contributed by atoms with van der Waals surface area (Å²) in [5, 5.41) is 0. The molecule has 3 rings (SSSR count). The van der Waals surface area contributed by atoms with E-state index in [4.69, 9.17) is 0 Å². The minimum Gasteiger partial charge on any atom is -0.356 e. The van der Waals surface area contributed by atoms with Crippen LogP contribution in [0.3, 0.4) is 0 Å². The first-order chi connectivity index (χ1) is 8.63. The van der Waals surface area contributed by atoms with Gasteiger partial charge in [0.2, 0.25) is 0 Å². The van der Waals surface area contributed by atoms with Gasteiger partial charge >= 0.3 is 0 Å². The lowest BCUT2D eigenvalue weighted by Crippen LogP contribution is -2.25. The highest BCUT2D eigenvalue weighted by molar-refractivity contribution is 5.39. The number of nitrogens with zero attached hydrogens (tertiary/aromatic N) is 2. The fourth-order valence-electron chi connectivity index (χ4n) is 2.71. The van der Waals surface area contributed by atoms with Gasteiger partial charge in [-0.15, -0.1) is 0 Å². The molecule has 0 spiro atoms. The van der Waals surface area contributed by atoms with Crippen molar-refractivity contribution in [1.82, 2.24) is 9.97 Å². The smallest absolute Gasteiger partial charge is 0.252 e. The minimum absolute atomic E-state index is 0.00473. The molecule has 2 aliphatic rings. The van der Waals surface area contributed by atoms with Crippen LogP contribution < -0.4 is 10.5 Å². The first-order valence-corrected chi connectivity index (χ1v) is 6.99. The normalized spacial score (nSPS) is 23.9. The molecular formula is C14H21N3O. The fourth-order valence-corrected chi connectivity index (χ4v) is 2.71. The molecule has 2 fully saturated rings. The molecule has 1 atom stereocenters. The van der Waals surface area contributed by atoms with Gasteiger partial charge in [0.05, 0.1) is 0 Å². The van der Waals surface area contributed by atoms with Gasteiger partial charge in [0.1, 0.15) is 11.6 Å². The summed E-state index contributed by atoms with van der Waals surface area (Å²) in [5.41, 5.74) is -0.00473. The average Bonchev–Trinajstić information content (AvgIpc) is 3.05. The molecule has 1 saturated carbocycles. The van der Waals surface area contributed by atoms with Crippen molar-refractivity contribution in [2.24, 2.45) is 11.8 Å². The van der Waals surface area contributed by atoms with Gasteiger partial charge in [-0.1, -0.05) is 13.8 Å². The molecule has 0 amide bonds. The van der Waals surface area contributed by atoms with Crippen LogP contribution in [-0.2, 0) is 0 Å². The maximum absolute atomic E-state index is 11.7. The Bertz CT molecular complexity index is 490. The van der Waals surface area contributed by atoms with Crippen molar-refractivity contribution >= 4 is 5.82 Å². The zero-order valence-electron chi connectivity index (χ0n) is 11.1. The van der Waals surface area contributed by atoms with E-state index in [1.54, 1.807) is 6.07 Å². The van der Waals surface area contributed by atoms with Crippen molar-refractivity contribution in [3.8, 4) is 0 Å². The van der Waals surface area contributed by atoms with Crippen LogP contribution in [0.25, 0.3) is 0 Å². The number of rotatable bonds is 3. The Morgan fingerprint density at radius 3 is 2.78 bits per heavy atom. The van der Waals surface area contributed by atoms with Crippen LogP contribution in [0.4, 0.5) is 5.82 Å². The Morgan fingerprint density at radius 2 is 2.17 bits per heavy atom. The molecule has 2 heterocycles. The van der Waals surface area contributed by atoms with E-state index in [1.165, 1.54) is 19.3 Å². The molecule has 1 aliphatic heterocycles. The molecule has 1 N–H and O–H groups in total. The molecule has 1 unspecified atom stereocenters. The zero-order chi connectivity index (χ0) is 12.7. The first kappa shape index (κ1) is 11.8. The van der Waals surface area contributed by atoms with Gasteiger partial charge in [-0.25, -0.2) is 4.98 Å². The van der Waals surface area contributed by atoms with E-state index in [0.717, 1.165) is 30.6 Å². The summed E-state index contributed by atoms with van der Waals surface area (Å²) in [6.07, 6.45) is 3.55. The molecule has 4 nitrogen and oxygen atoms in total. The van der Waals surface area contributed by atoms with E-state index in [1.807, 2.05) is 0 Å². The second kappa shape index (κ2) is 4.41. The van der Waals surface area contributed by atoms with Crippen LogP contribution in [-0.4, -0.2) is 23.1 Å². The molecule has 1 aromatic rings. The highest BCUT2D eigenvalue weighted by Gasteiger charge is 2.29. The summed E-state index contributed by atoms with van der Waals surface area (Å²) < 4.78 is 0. The van der Waals surface area contributed by atoms with Crippen molar-refractivity contribution in [3.05, 3.63) is 22.2 Å². The second-order valence-corrected chi connectivity index (χ2v) is 6.00. The highest BCUT2D eigenvalue weighted by atomic mass is 16.1. The van der Waals surface area contributed by atoms with Gasteiger partial charge in [-0.05, 0) is 31.1 Å². The number of aromatic amines is 1. The van der Waals surface area contributed by atoms with E-state index >= 15 is 0 Å². The molecular weight excluding hydrogens is 226 g/mol. The molecule has 4 heteroatoms. The Kier molecular flexibility index (Phi) is 2.88. The lowest BCUT2D eigenvalue weighted by Gasteiger charge is -2.19. The maximum atomic E-state index is 11.7. The predicted molar refractivity (Wildman–Crippen MR) is 72.0 cm³/mol. The summed E-state index contributed by atoms with van der Waals surface area (Å²) >= 11 is 0. The largest absolute Gasteiger partial charge is 0.356 e. The molecule has 1 aromatic heterocycles. The lowest BCUT2D eigenvalue weighted by molar-refractivity contribution is 0.422. The minimum atomic E-state index is -0.00473. The number of H-pyrrole nitrogens is 1. The highest BCUT2D eigenvalue weighted by Crippen LogP contribution is 2.38. The van der Waals surface area contributed by atoms with Crippen molar-refractivity contribution in [2.75, 3.05) is 18.0 Å². The molecule has 0 radical (unpaired) electrons. The van der Waals surface area contributed by atoms with Crippen LogP contribution >= 0.6 is 0 Å². The van der Waals surface area contributed by atoms with E-state index in [0.29, 0.717) is 11.8 Å². The molecule has 1 saturated heterocycles. The summed E-state index contributed by atoms with van der Waals surface area (Å²) in [6, 6.07) is 1.65. The van der Waals surface area contributed by atoms with Gasteiger partial charge in [-0.3, -0.25) is 4.79 Å². The fraction of sp³-hybridized carbons (Fsp3) is 0.714. The Labute approximate surface area is 107 Å². The SMILES string of the molecule is CC(C)C1CCN(c2cc(=O)[nH]c(C3CC3)n2)C1. The van der Waals surface area contributed by atoms with Gasteiger partial charge in [0, 0.05) is 25.1 Å². The molecule has 0 aromatic carbocycles. The van der Waals surface area contributed by atoms with Crippen LogP contribution in [0, 0.1) is 11.8 Å². The zero-order valence-corrected chi connectivity index (χ0v) is 11.1. The van der Waals surface area contributed by atoms with Crippen LogP contribution in [0.1, 0.15) is 44.9 Å². The van der Waals surface area contributed by atoms with Gasteiger partial charge in [0.15, 0.2) is 0 Å². The Balaban J connectivity index is 1.82. The summed E-state index contributed by atoms with van der Waals surface area (Å²) in [6.45, 7) is 6.62. The topological polar surface area (TPSA) is 49.0 Å². The van der Waals surface area contributed by atoms with Crippen LogP contribution in [0.15, 0.2) is 10.9 Å². The standard InChI is InChI=1S/C14H21N3O/c1-9(2)11-5-6-17(8-11)12-7-13(18)16-14(15-12)10-3-4-10/h7,9-11H,3-6,8H2,1-2H3,(H,15,16,18). The van der Waals surface area contributed by atoms with Gasteiger partial charge < -0.3 is 9.88 Å².